The summed E-state index contributed by atoms with van der Waals surface area (Å²) in [5.74, 6) is -0.0760. The maximum atomic E-state index is 11.9. The zero-order chi connectivity index (χ0) is 24.4. The van der Waals surface area contributed by atoms with E-state index in [1.165, 1.54) is 0 Å². The molecule has 1 rings (SSSR count). The highest BCUT2D eigenvalue weighted by Crippen LogP contribution is 1.98. The highest BCUT2D eigenvalue weighted by molar-refractivity contribution is 5.93. The van der Waals surface area contributed by atoms with Gasteiger partial charge in [0, 0.05) is 25.5 Å². The summed E-state index contributed by atoms with van der Waals surface area (Å²) >= 11 is 0. The van der Waals surface area contributed by atoms with E-state index in [1.54, 1.807) is 24.5 Å². The number of pyridine rings is 1. The maximum absolute atomic E-state index is 11.9. The van der Waals surface area contributed by atoms with Crippen molar-refractivity contribution in [1.82, 2.24) is 15.6 Å². The molecular weight excluding hydrogens is 418 g/mol. The van der Waals surface area contributed by atoms with Crippen LogP contribution in [0.15, 0.2) is 97.4 Å². The smallest absolute Gasteiger partial charge is 0.252 e. The fourth-order valence-electron chi connectivity index (χ4n) is 2.97. The van der Waals surface area contributed by atoms with Crippen molar-refractivity contribution < 1.29 is 4.79 Å². The Labute approximate surface area is 207 Å². The molecule has 1 aromatic rings. The normalized spacial score (nSPS) is 12.5. The summed E-state index contributed by atoms with van der Waals surface area (Å²) in [4.78, 5) is 15.8. The molecule has 0 aromatic carbocycles. The van der Waals surface area contributed by atoms with Crippen LogP contribution in [-0.2, 0) is 0 Å². The summed E-state index contributed by atoms with van der Waals surface area (Å²) in [7, 11) is 0. The van der Waals surface area contributed by atoms with Gasteiger partial charge in [-0.05, 0) is 70.0 Å². The van der Waals surface area contributed by atoms with Crippen molar-refractivity contribution in [3.05, 3.63) is 103 Å². The molecule has 0 saturated carbocycles. The summed E-state index contributed by atoms with van der Waals surface area (Å²) in [6.07, 6.45) is 38.2. The Morgan fingerprint density at radius 2 is 1.32 bits per heavy atom. The third-order valence-electron chi connectivity index (χ3n) is 4.83. The molecule has 0 saturated heterocycles. The van der Waals surface area contributed by atoms with E-state index in [0.29, 0.717) is 12.1 Å². The van der Waals surface area contributed by atoms with Crippen molar-refractivity contribution in [2.75, 3.05) is 19.6 Å². The Kier molecular flexibility index (Phi) is 19.8. The summed E-state index contributed by atoms with van der Waals surface area (Å²) in [6, 6.07) is 3.53. The summed E-state index contributed by atoms with van der Waals surface area (Å²) in [5, 5.41) is 6.24. The molecule has 0 bridgehead atoms. The highest BCUT2D eigenvalue weighted by Gasteiger charge is 2.02. The zero-order valence-corrected chi connectivity index (χ0v) is 20.9. The second-order valence-corrected chi connectivity index (χ2v) is 7.81. The van der Waals surface area contributed by atoms with Crippen LogP contribution in [0.4, 0.5) is 0 Å². The average Bonchev–Trinajstić information content (AvgIpc) is 2.87. The van der Waals surface area contributed by atoms with Crippen LogP contribution in [0.1, 0.15) is 68.6 Å². The van der Waals surface area contributed by atoms with E-state index >= 15 is 0 Å². The molecule has 0 fully saturated rings. The van der Waals surface area contributed by atoms with Gasteiger partial charge < -0.3 is 10.6 Å². The largest absolute Gasteiger partial charge is 0.351 e. The van der Waals surface area contributed by atoms with Crippen LogP contribution in [0.25, 0.3) is 0 Å². The first-order valence-corrected chi connectivity index (χ1v) is 12.6. The summed E-state index contributed by atoms with van der Waals surface area (Å²) < 4.78 is 0. The number of hydrogen-bond donors (Lipinski definition) is 2. The number of nitrogens with zero attached hydrogens (tertiary/aromatic N) is 1. The Hall–Kier alpha value is -2.98. The van der Waals surface area contributed by atoms with Crippen LogP contribution < -0.4 is 10.6 Å². The van der Waals surface area contributed by atoms with Gasteiger partial charge in [-0.3, -0.25) is 9.78 Å². The van der Waals surface area contributed by atoms with Gasteiger partial charge in [-0.1, -0.05) is 79.8 Å². The van der Waals surface area contributed by atoms with Crippen LogP contribution >= 0.6 is 0 Å². The first-order valence-electron chi connectivity index (χ1n) is 12.6. The number of allylic oxidation sites excluding steroid dienone is 12. The van der Waals surface area contributed by atoms with Crippen molar-refractivity contribution in [3.8, 4) is 0 Å². The molecule has 0 spiro atoms. The molecule has 0 radical (unpaired) electrons. The number of hydrogen-bond acceptors (Lipinski definition) is 3. The SMILES string of the molecule is CC/C=C\C/C=C\C/C=C\C/C=C\C/C=C\C/C=C\CCCNCCNC(=O)c1cccnc1. The van der Waals surface area contributed by atoms with Gasteiger partial charge >= 0.3 is 0 Å². The van der Waals surface area contributed by atoms with E-state index < -0.39 is 0 Å². The minimum absolute atomic E-state index is 0.0760. The Morgan fingerprint density at radius 1 is 0.765 bits per heavy atom. The van der Waals surface area contributed by atoms with Crippen LogP contribution in [0.2, 0.25) is 0 Å². The monoisotopic (exact) mass is 461 g/mol. The molecule has 4 nitrogen and oxygen atoms in total. The van der Waals surface area contributed by atoms with Crippen molar-refractivity contribution >= 4 is 5.91 Å². The van der Waals surface area contributed by atoms with Crippen molar-refractivity contribution in [3.63, 3.8) is 0 Å². The molecule has 34 heavy (non-hydrogen) atoms. The first kappa shape index (κ1) is 29.1. The molecule has 4 heteroatoms. The summed E-state index contributed by atoms with van der Waals surface area (Å²) in [5.41, 5.74) is 0.597. The molecule has 0 unspecified atom stereocenters. The van der Waals surface area contributed by atoms with Crippen LogP contribution in [0, 0.1) is 0 Å². The van der Waals surface area contributed by atoms with E-state index in [-0.39, 0.29) is 5.91 Å². The maximum Gasteiger partial charge on any atom is 0.252 e. The first-order chi connectivity index (χ1) is 16.8. The average molecular weight is 462 g/mol. The quantitative estimate of drug-likeness (QED) is 0.174. The van der Waals surface area contributed by atoms with Crippen molar-refractivity contribution in [2.24, 2.45) is 0 Å². The molecule has 2 N–H and O–H groups in total. The van der Waals surface area contributed by atoms with Gasteiger partial charge in [-0.25, -0.2) is 0 Å². The number of carbonyl (C=O) groups excluding carboxylic acids is 1. The van der Waals surface area contributed by atoms with Crippen molar-refractivity contribution in [1.29, 1.82) is 0 Å². The zero-order valence-electron chi connectivity index (χ0n) is 20.9. The molecule has 1 heterocycles. The van der Waals surface area contributed by atoms with Gasteiger partial charge in [0.25, 0.3) is 5.91 Å². The Morgan fingerprint density at radius 3 is 1.85 bits per heavy atom. The molecular formula is C30H43N3O. The predicted octanol–water partition coefficient (Wildman–Crippen LogP) is 6.88. The number of rotatable bonds is 19. The van der Waals surface area contributed by atoms with Crippen LogP contribution in [0.5, 0.6) is 0 Å². The van der Waals surface area contributed by atoms with Gasteiger partial charge in [0.15, 0.2) is 0 Å². The van der Waals surface area contributed by atoms with Crippen molar-refractivity contribution in [2.45, 2.75) is 58.3 Å². The minimum atomic E-state index is -0.0760. The standard InChI is InChI=1S/C30H43N3O/c1-2-3-4-5-6-7-8-9-10-11-12-13-14-15-16-17-18-19-20-21-24-31-26-27-33-30(34)29-23-22-25-32-28-29/h3-4,6-7,9-10,12-13,15-16,18-19,22-23,25,28,31H,2,5,8,11,14,17,20-21,24,26-27H2,1H3,(H,33,34)/b4-3-,7-6-,10-9-,13-12-,16-15-,19-18-. The Balaban J connectivity index is 1.88. The number of carbonyl (C=O) groups is 1. The molecule has 0 aliphatic carbocycles. The lowest BCUT2D eigenvalue weighted by Gasteiger charge is -2.06. The van der Waals surface area contributed by atoms with E-state index in [0.717, 1.165) is 64.5 Å². The summed E-state index contributed by atoms with van der Waals surface area (Å²) in [6.45, 7) is 4.50. The molecule has 184 valence electrons. The minimum Gasteiger partial charge on any atom is -0.351 e. The van der Waals surface area contributed by atoms with Gasteiger partial charge in [-0.2, -0.15) is 0 Å². The van der Waals surface area contributed by atoms with E-state index in [9.17, 15) is 4.79 Å². The number of unbranched alkanes of at least 4 members (excludes halogenated alkanes) is 1. The highest BCUT2D eigenvalue weighted by atomic mass is 16.1. The molecule has 1 aromatic heterocycles. The topological polar surface area (TPSA) is 54.0 Å². The number of nitrogens with one attached hydrogen (secondary N) is 2. The molecule has 1 amide bonds. The number of aromatic nitrogens is 1. The molecule has 0 aliphatic rings. The van der Waals surface area contributed by atoms with Gasteiger partial charge in [0.2, 0.25) is 0 Å². The molecule has 0 aliphatic heterocycles. The van der Waals surface area contributed by atoms with Crippen LogP contribution in [0.3, 0.4) is 0 Å². The number of amides is 1. The lowest BCUT2D eigenvalue weighted by atomic mass is 10.2. The third-order valence-corrected chi connectivity index (χ3v) is 4.83. The van der Waals surface area contributed by atoms with Gasteiger partial charge in [-0.15, -0.1) is 0 Å². The van der Waals surface area contributed by atoms with E-state index in [2.05, 4.69) is 95.5 Å². The van der Waals surface area contributed by atoms with E-state index in [1.807, 2.05) is 0 Å². The fourth-order valence-corrected chi connectivity index (χ4v) is 2.97. The third kappa shape index (κ3) is 18.6. The van der Waals surface area contributed by atoms with E-state index in [4.69, 9.17) is 0 Å². The fraction of sp³-hybridized carbons (Fsp3) is 0.400. The second-order valence-electron chi connectivity index (χ2n) is 7.81. The lowest BCUT2D eigenvalue weighted by Crippen LogP contribution is -2.32. The molecule has 0 atom stereocenters. The predicted molar refractivity (Wildman–Crippen MR) is 147 cm³/mol. The second kappa shape index (κ2) is 23.2. The lowest BCUT2D eigenvalue weighted by molar-refractivity contribution is 0.0953. The van der Waals surface area contributed by atoms with Gasteiger partial charge in [0.05, 0.1) is 5.56 Å². The van der Waals surface area contributed by atoms with Gasteiger partial charge in [0.1, 0.15) is 0 Å². The van der Waals surface area contributed by atoms with Crippen LogP contribution in [-0.4, -0.2) is 30.5 Å². The Bertz CT molecular complexity index is 789.